The lowest BCUT2D eigenvalue weighted by atomic mass is 10.2. The molecule has 0 aliphatic carbocycles. The zero-order chi connectivity index (χ0) is 15.6. The van der Waals surface area contributed by atoms with E-state index in [2.05, 4.69) is 0 Å². The second-order valence-corrected chi connectivity index (χ2v) is 5.44. The largest absolute Gasteiger partial charge is 0.472 e. The van der Waals surface area contributed by atoms with Gasteiger partial charge in [-0.2, -0.15) is 0 Å². The molecule has 0 aromatic heterocycles. The first-order valence-electron chi connectivity index (χ1n) is 6.85. The van der Waals surface area contributed by atoms with Gasteiger partial charge < -0.3 is 4.89 Å². The molecule has 0 amide bonds. The van der Waals surface area contributed by atoms with Gasteiger partial charge in [-0.25, -0.2) is 4.57 Å². The highest BCUT2D eigenvalue weighted by molar-refractivity contribution is 7.47. The summed E-state index contributed by atoms with van der Waals surface area (Å²) in [5, 5.41) is 0. The normalized spacial score (nSPS) is 10.6. The second-order valence-electron chi connectivity index (χ2n) is 3.99. The Balaban J connectivity index is 0.00000106. The number of phosphoric ester groups is 1. The van der Waals surface area contributed by atoms with Crippen LogP contribution in [0, 0.1) is 0 Å². The van der Waals surface area contributed by atoms with Crippen LogP contribution in [0.5, 0.6) is 0 Å². The Labute approximate surface area is 126 Å². The van der Waals surface area contributed by atoms with E-state index >= 15 is 0 Å². The van der Waals surface area contributed by atoms with Gasteiger partial charge in [-0.05, 0) is 11.1 Å². The fourth-order valence-electron chi connectivity index (χ4n) is 1.50. The Hall–Kier alpha value is -1.45. The molecule has 2 rings (SSSR count). The van der Waals surface area contributed by atoms with Crippen LogP contribution in [-0.2, 0) is 26.8 Å². The first-order chi connectivity index (χ1) is 10.2. The molecule has 0 saturated heterocycles. The molecule has 1 N–H and O–H groups in total. The average Bonchev–Trinajstić information content (AvgIpc) is 2.55. The van der Waals surface area contributed by atoms with Gasteiger partial charge in [-0.15, -0.1) is 0 Å². The van der Waals surface area contributed by atoms with Crippen LogP contribution in [0.1, 0.15) is 25.0 Å². The third kappa shape index (κ3) is 7.21. The smallest absolute Gasteiger partial charge is 0.302 e. The van der Waals surface area contributed by atoms with E-state index < -0.39 is 7.82 Å². The van der Waals surface area contributed by atoms with Crippen molar-refractivity contribution in [2.75, 3.05) is 0 Å². The predicted octanol–water partition coefficient (Wildman–Crippen LogP) is 4.55. The van der Waals surface area contributed by atoms with Crippen molar-refractivity contribution in [3.8, 4) is 0 Å². The van der Waals surface area contributed by atoms with Crippen molar-refractivity contribution in [1.82, 2.24) is 0 Å². The highest BCUT2D eigenvalue weighted by Crippen LogP contribution is 2.44. The summed E-state index contributed by atoms with van der Waals surface area (Å²) in [5.74, 6) is 0. The van der Waals surface area contributed by atoms with Gasteiger partial charge in [0, 0.05) is 0 Å². The standard InChI is InChI=1S/C14H15O4P.C2H6/c15-19(16,17-11-13-7-3-1-4-8-13)18-12-14-9-5-2-6-10-14;1-2/h1-10H,11-12H2,(H,15,16);1-2H3. The van der Waals surface area contributed by atoms with Crippen molar-refractivity contribution in [1.29, 1.82) is 0 Å². The summed E-state index contributed by atoms with van der Waals surface area (Å²) in [6.07, 6.45) is 0. The third-order valence-corrected chi connectivity index (χ3v) is 3.39. The molecule has 0 heterocycles. The molecule has 0 radical (unpaired) electrons. The number of phosphoric acid groups is 1. The average molecular weight is 308 g/mol. The van der Waals surface area contributed by atoms with Crippen molar-refractivity contribution >= 4 is 7.82 Å². The molecule has 0 unspecified atom stereocenters. The Morgan fingerprint density at radius 3 is 1.48 bits per heavy atom. The van der Waals surface area contributed by atoms with E-state index in [1.54, 1.807) is 0 Å². The molecule has 0 saturated carbocycles. The van der Waals surface area contributed by atoms with Crippen LogP contribution in [0.4, 0.5) is 0 Å². The van der Waals surface area contributed by atoms with E-state index in [0.717, 1.165) is 11.1 Å². The van der Waals surface area contributed by atoms with Gasteiger partial charge in [0.2, 0.25) is 0 Å². The molecule has 0 fully saturated rings. The van der Waals surface area contributed by atoms with E-state index in [1.807, 2.05) is 74.5 Å². The fraction of sp³-hybridized carbons (Fsp3) is 0.250. The highest BCUT2D eigenvalue weighted by Gasteiger charge is 2.20. The van der Waals surface area contributed by atoms with Gasteiger partial charge in [0.1, 0.15) is 0 Å². The quantitative estimate of drug-likeness (QED) is 0.796. The monoisotopic (exact) mass is 308 g/mol. The maximum atomic E-state index is 11.7. The van der Waals surface area contributed by atoms with Crippen molar-refractivity contribution in [2.45, 2.75) is 27.1 Å². The SMILES string of the molecule is CC.O=P(O)(OCc1ccccc1)OCc1ccccc1. The molecule has 0 bridgehead atoms. The molecule has 4 nitrogen and oxygen atoms in total. The van der Waals surface area contributed by atoms with Crippen LogP contribution < -0.4 is 0 Å². The summed E-state index contributed by atoms with van der Waals surface area (Å²) in [4.78, 5) is 9.55. The molecule has 0 aliphatic heterocycles. The van der Waals surface area contributed by atoms with Crippen LogP contribution in [0.2, 0.25) is 0 Å². The summed E-state index contributed by atoms with van der Waals surface area (Å²) >= 11 is 0. The molecule has 114 valence electrons. The topological polar surface area (TPSA) is 55.8 Å². The number of rotatable bonds is 6. The molecule has 0 atom stereocenters. The van der Waals surface area contributed by atoms with Crippen LogP contribution in [-0.4, -0.2) is 4.89 Å². The van der Waals surface area contributed by atoms with Crippen LogP contribution in [0.3, 0.4) is 0 Å². The van der Waals surface area contributed by atoms with Gasteiger partial charge in [-0.1, -0.05) is 74.5 Å². The zero-order valence-electron chi connectivity index (χ0n) is 12.3. The summed E-state index contributed by atoms with van der Waals surface area (Å²) in [6.45, 7) is 4.09. The van der Waals surface area contributed by atoms with E-state index in [9.17, 15) is 9.46 Å². The minimum absolute atomic E-state index is 0.0450. The first-order valence-corrected chi connectivity index (χ1v) is 8.35. The summed E-state index contributed by atoms with van der Waals surface area (Å²) in [7, 11) is -4.02. The molecular weight excluding hydrogens is 287 g/mol. The maximum Gasteiger partial charge on any atom is 0.472 e. The lowest BCUT2D eigenvalue weighted by molar-refractivity contribution is 0.137. The number of hydrogen-bond acceptors (Lipinski definition) is 3. The van der Waals surface area contributed by atoms with Crippen molar-refractivity contribution < 1.29 is 18.5 Å². The van der Waals surface area contributed by atoms with E-state index in [-0.39, 0.29) is 13.2 Å². The van der Waals surface area contributed by atoms with Gasteiger partial charge in [0.15, 0.2) is 0 Å². The van der Waals surface area contributed by atoms with Crippen molar-refractivity contribution in [3.05, 3.63) is 71.8 Å². The zero-order valence-corrected chi connectivity index (χ0v) is 13.2. The third-order valence-electron chi connectivity index (χ3n) is 2.47. The summed E-state index contributed by atoms with van der Waals surface area (Å²) < 4.78 is 21.5. The molecule has 0 aliphatic rings. The Bertz CT molecular complexity index is 495. The van der Waals surface area contributed by atoms with Crippen molar-refractivity contribution in [3.63, 3.8) is 0 Å². The lowest BCUT2D eigenvalue weighted by Crippen LogP contribution is -1.96. The summed E-state index contributed by atoms with van der Waals surface area (Å²) in [5.41, 5.74) is 1.64. The van der Waals surface area contributed by atoms with Gasteiger partial charge in [0.25, 0.3) is 0 Å². The Morgan fingerprint density at radius 1 is 0.810 bits per heavy atom. The first kappa shape index (κ1) is 17.6. The Kier molecular flexibility index (Phi) is 7.95. The minimum atomic E-state index is -4.02. The summed E-state index contributed by atoms with van der Waals surface area (Å²) in [6, 6.07) is 18.4. The van der Waals surface area contributed by atoms with E-state index in [1.165, 1.54) is 0 Å². The van der Waals surface area contributed by atoms with Crippen molar-refractivity contribution in [2.24, 2.45) is 0 Å². The molecule has 21 heavy (non-hydrogen) atoms. The predicted molar refractivity (Wildman–Crippen MR) is 83.6 cm³/mol. The maximum absolute atomic E-state index is 11.7. The molecule has 5 heteroatoms. The Morgan fingerprint density at radius 2 is 1.14 bits per heavy atom. The second kappa shape index (κ2) is 9.48. The number of hydrogen-bond donors (Lipinski definition) is 1. The number of benzene rings is 2. The lowest BCUT2D eigenvalue weighted by Gasteiger charge is -2.12. The fourth-order valence-corrected chi connectivity index (χ4v) is 2.20. The van der Waals surface area contributed by atoms with Gasteiger partial charge >= 0.3 is 7.82 Å². The van der Waals surface area contributed by atoms with E-state index in [4.69, 9.17) is 9.05 Å². The van der Waals surface area contributed by atoms with Gasteiger partial charge in [0.05, 0.1) is 13.2 Å². The molecular formula is C16H21O4P. The molecule has 2 aromatic rings. The molecule has 0 spiro atoms. The highest BCUT2D eigenvalue weighted by atomic mass is 31.2. The van der Waals surface area contributed by atoms with E-state index in [0.29, 0.717) is 0 Å². The van der Waals surface area contributed by atoms with Crippen LogP contribution >= 0.6 is 7.82 Å². The minimum Gasteiger partial charge on any atom is -0.302 e. The van der Waals surface area contributed by atoms with Crippen LogP contribution in [0.15, 0.2) is 60.7 Å². The molecule has 2 aromatic carbocycles. The van der Waals surface area contributed by atoms with Gasteiger partial charge in [-0.3, -0.25) is 9.05 Å². The van der Waals surface area contributed by atoms with Crippen LogP contribution in [0.25, 0.3) is 0 Å².